The van der Waals surface area contributed by atoms with Crippen molar-refractivity contribution in [3.8, 4) is 16.9 Å². The Hall–Kier alpha value is -4.05. The second-order valence-corrected chi connectivity index (χ2v) is 10.3. The average molecular weight is 532 g/mol. The summed E-state index contributed by atoms with van der Waals surface area (Å²) in [6, 6.07) is 13.4. The monoisotopic (exact) mass is 531 g/mol. The number of nitrogens with zero attached hydrogens (tertiary/aromatic N) is 5. The third-order valence-electron chi connectivity index (χ3n) is 8.15. The molecule has 2 saturated heterocycles. The summed E-state index contributed by atoms with van der Waals surface area (Å²) >= 11 is 0. The van der Waals surface area contributed by atoms with Crippen LogP contribution in [0.1, 0.15) is 36.8 Å². The molecular formula is C29H31F2N7O. The van der Waals surface area contributed by atoms with E-state index in [1.165, 1.54) is 12.1 Å². The predicted octanol–water partition coefficient (Wildman–Crippen LogP) is 5.00. The van der Waals surface area contributed by atoms with Crippen molar-refractivity contribution in [1.82, 2.24) is 29.8 Å². The maximum Gasteiger partial charge on any atom is 0.320 e. The molecule has 0 spiro atoms. The standard InChI is InChI=1S/C29H31F2N7O/c1-4-37-23-12-13-24(37)27(25(23)18-10-11-21(30)22(31)14-18)33-29(39)34-28-17(2)26(19-15-32-36(3)16-19)35-38(28)20-8-6-5-7-9-20/h5-11,14-16,23-25,27H,4,12-13H2,1-3H3,(H2,33,34,39)/t23-,24+,25+,27+/m0/s1. The Morgan fingerprint density at radius 2 is 1.85 bits per heavy atom. The lowest BCUT2D eigenvalue weighted by Crippen LogP contribution is -2.48. The number of benzene rings is 2. The van der Waals surface area contributed by atoms with E-state index in [1.807, 2.05) is 50.5 Å². The van der Waals surface area contributed by atoms with E-state index in [0.717, 1.165) is 41.9 Å². The molecule has 39 heavy (non-hydrogen) atoms. The van der Waals surface area contributed by atoms with Crippen molar-refractivity contribution in [2.75, 3.05) is 11.9 Å². The van der Waals surface area contributed by atoms with E-state index in [4.69, 9.17) is 5.10 Å². The number of hydrogen-bond acceptors (Lipinski definition) is 4. The first-order chi connectivity index (χ1) is 18.9. The summed E-state index contributed by atoms with van der Waals surface area (Å²) in [5.41, 5.74) is 3.89. The van der Waals surface area contributed by atoms with Crippen LogP contribution in [0.25, 0.3) is 16.9 Å². The van der Waals surface area contributed by atoms with Crippen molar-refractivity contribution in [1.29, 1.82) is 0 Å². The lowest BCUT2D eigenvalue weighted by atomic mass is 9.80. The molecule has 2 aliphatic heterocycles. The van der Waals surface area contributed by atoms with Crippen molar-refractivity contribution in [3.63, 3.8) is 0 Å². The second kappa shape index (κ2) is 9.92. The molecule has 2 fully saturated rings. The van der Waals surface area contributed by atoms with E-state index in [2.05, 4.69) is 27.6 Å². The summed E-state index contributed by atoms with van der Waals surface area (Å²) in [5.74, 6) is -1.33. The lowest BCUT2D eigenvalue weighted by molar-refractivity contribution is 0.236. The van der Waals surface area contributed by atoms with Gasteiger partial charge in [-0.25, -0.2) is 18.3 Å². The first-order valence-electron chi connectivity index (χ1n) is 13.3. The Bertz CT molecular complexity index is 1520. The van der Waals surface area contributed by atoms with Gasteiger partial charge in [0.25, 0.3) is 0 Å². The van der Waals surface area contributed by atoms with E-state index in [9.17, 15) is 13.6 Å². The summed E-state index contributed by atoms with van der Waals surface area (Å²) < 4.78 is 31.4. The largest absolute Gasteiger partial charge is 0.333 e. The van der Waals surface area contributed by atoms with Crippen LogP contribution in [0, 0.1) is 18.6 Å². The van der Waals surface area contributed by atoms with Gasteiger partial charge in [-0.2, -0.15) is 10.2 Å². The zero-order chi connectivity index (χ0) is 27.3. The van der Waals surface area contributed by atoms with Gasteiger partial charge in [-0.3, -0.25) is 14.9 Å². The molecule has 8 nitrogen and oxygen atoms in total. The van der Waals surface area contributed by atoms with Gasteiger partial charge in [0.2, 0.25) is 0 Å². The Labute approximate surface area is 225 Å². The van der Waals surface area contributed by atoms with Crippen LogP contribution < -0.4 is 10.6 Å². The molecule has 0 saturated carbocycles. The fourth-order valence-electron chi connectivity index (χ4n) is 6.49. The van der Waals surface area contributed by atoms with Crippen molar-refractivity contribution < 1.29 is 13.6 Å². The summed E-state index contributed by atoms with van der Waals surface area (Å²) in [5, 5.41) is 15.4. The molecule has 2 N–H and O–H groups in total. The highest BCUT2D eigenvalue weighted by molar-refractivity contribution is 5.91. The summed E-state index contributed by atoms with van der Waals surface area (Å²) in [6.07, 6.45) is 5.52. The molecule has 2 aromatic carbocycles. The van der Waals surface area contributed by atoms with Crippen LogP contribution in [-0.4, -0.2) is 55.2 Å². The number of nitrogens with one attached hydrogen (secondary N) is 2. The number of carbonyl (C=O) groups is 1. The molecule has 2 amide bonds. The van der Waals surface area contributed by atoms with Gasteiger partial charge in [-0.15, -0.1) is 0 Å². The Balaban J connectivity index is 1.32. The van der Waals surface area contributed by atoms with Crippen molar-refractivity contribution in [2.45, 2.75) is 50.7 Å². The number of urea groups is 1. The molecular weight excluding hydrogens is 500 g/mol. The molecule has 2 bridgehead atoms. The molecule has 6 rings (SSSR count). The first-order valence-corrected chi connectivity index (χ1v) is 13.3. The normalized spacial score (nSPS) is 22.4. The van der Waals surface area contributed by atoms with E-state index in [-0.39, 0.29) is 30.1 Å². The minimum absolute atomic E-state index is 0.120. The lowest BCUT2D eigenvalue weighted by Gasteiger charge is -2.30. The third kappa shape index (κ3) is 4.38. The quantitative estimate of drug-likeness (QED) is 0.367. The number of hydrogen-bond donors (Lipinski definition) is 2. The van der Waals surface area contributed by atoms with Crippen molar-refractivity contribution >= 4 is 11.8 Å². The molecule has 4 atom stereocenters. The molecule has 4 heterocycles. The molecule has 0 unspecified atom stereocenters. The third-order valence-corrected chi connectivity index (χ3v) is 8.15. The van der Waals surface area contributed by atoms with E-state index < -0.39 is 11.6 Å². The number of halogens is 2. The molecule has 0 radical (unpaired) electrons. The molecule has 0 aliphatic carbocycles. The second-order valence-electron chi connectivity index (χ2n) is 10.3. The highest BCUT2D eigenvalue weighted by Crippen LogP contribution is 2.47. The number of rotatable bonds is 6. The van der Waals surface area contributed by atoms with Crippen LogP contribution in [0.5, 0.6) is 0 Å². The van der Waals surface area contributed by atoms with Crippen LogP contribution >= 0.6 is 0 Å². The number of fused-ring (bicyclic) bond motifs is 2. The summed E-state index contributed by atoms with van der Waals surface area (Å²) in [4.78, 5) is 16.0. The van der Waals surface area contributed by atoms with Gasteiger partial charge in [0, 0.05) is 42.4 Å². The van der Waals surface area contributed by atoms with E-state index in [0.29, 0.717) is 11.4 Å². The maximum absolute atomic E-state index is 14.2. The smallest absolute Gasteiger partial charge is 0.320 e. The number of aromatic nitrogens is 4. The van der Waals surface area contributed by atoms with Gasteiger partial charge in [-0.1, -0.05) is 31.2 Å². The number of aryl methyl sites for hydroxylation is 1. The number of amides is 2. The van der Waals surface area contributed by atoms with Gasteiger partial charge < -0.3 is 5.32 Å². The fourth-order valence-corrected chi connectivity index (χ4v) is 6.49. The summed E-state index contributed by atoms with van der Waals surface area (Å²) in [6.45, 7) is 4.84. The van der Waals surface area contributed by atoms with Gasteiger partial charge in [0.15, 0.2) is 11.6 Å². The highest BCUT2D eigenvalue weighted by Gasteiger charge is 2.53. The zero-order valence-corrected chi connectivity index (χ0v) is 22.1. The number of anilines is 1. The van der Waals surface area contributed by atoms with Crippen LogP contribution in [0.3, 0.4) is 0 Å². The van der Waals surface area contributed by atoms with Crippen LogP contribution in [0.15, 0.2) is 60.9 Å². The van der Waals surface area contributed by atoms with E-state index >= 15 is 0 Å². The van der Waals surface area contributed by atoms with Gasteiger partial charge in [-0.05, 0) is 56.1 Å². The molecule has 2 aliphatic rings. The SMILES string of the molecule is CCN1[C@@H]2CC[C@H]1[C@@H](c1ccc(F)c(F)c1)[C@@H]2NC(=O)Nc1c(C)c(-c2cnn(C)c2)nn1-c1ccccc1. The Kier molecular flexibility index (Phi) is 6.42. The zero-order valence-electron chi connectivity index (χ0n) is 22.1. The Morgan fingerprint density at radius 3 is 2.54 bits per heavy atom. The summed E-state index contributed by atoms with van der Waals surface area (Å²) in [7, 11) is 1.85. The minimum Gasteiger partial charge on any atom is -0.333 e. The number of para-hydroxylation sites is 1. The van der Waals surface area contributed by atoms with Gasteiger partial charge in [0.1, 0.15) is 11.5 Å². The fraction of sp³-hybridized carbons (Fsp3) is 0.345. The number of carbonyl (C=O) groups excluding carboxylic acids is 1. The van der Waals surface area contributed by atoms with Crippen LogP contribution in [0.4, 0.5) is 19.4 Å². The van der Waals surface area contributed by atoms with Crippen molar-refractivity contribution in [2.24, 2.45) is 7.05 Å². The van der Waals surface area contributed by atoms with E-state index in [1.54, 1.807) is 21.6 Å². The highest BCUT2D eigenvalue weighted by atomic mass is 19.2. The van der Waals surface area contributed by atoms with Crippen LogP contribution in [0.2, 0.25) is 0 Å². The molecule has 10 heteroatoms. The molecule has 202 valence electrons. The number of likely N-dealkylation sites (N-methyl/N-ethyl adjacent to an activating group) is 1. The first kappa shape index (κ1) is 25.2. The average Bonchev–Trinajstić information content (AvgIpc) is 3.69. The molecule has 2 aromatic heterocycles. The Morgan fingerprint density at radius 1 is 1.08 bits per heavy atom. The van der Waals surface area contributed by atoms with Crippen LogP contribution in [-0.2, 0) is 7.05 Å². The van der Waals surface area contributed by atoms with Gasteiger partial charge >= 0.3 is 6.03 Å². The predicted molar refractivity (Wildman–Crippen MR) is 145 cm³/mol. The van der Waals surface area contributed by atoms with Crippen molar-refractivity contribution in [3.05, 3.63) is 83.7 Å². The minimum atomic E-state index is -0.870. The van der Waals surface area contributed by atoms with Gasteiger partial charge in [0.05, 0.1) is 17.9 Å². The topological polar surface area (TPSA) is 80.0 Å². The maximum atomic E-state index is 14.2. The molecule has 4 aromatic rings.